The van der Waals surface area contributed by atoms with Crippen molar-refractivity contribution in [2.24, 2.45) is 0 Å². The second kappa shape index (κ2) is 7.99. The van der Waals surface area contributed by atoms with E-state index in [2.05, 4.69) is 5.32 Å². The van der Waals surface area contributed by atoms with Gasteiger partial charge < -0.3 is 14.3 Å². The van der Waals surface area contributed by atoms with Gasteiger partial charge in [-0.25, -0.2) is 4.39 Å². The van der Waals surface area contributed by atoms with Crippen molar-refractivity contribution in [2.75, 3.05) is 0 Å². The standard InChI is InChI=1S/C24H21FN2O3/c1-15(17-8-4-3-5-9-17)26-23(28)21-16(2)30-20-12-13-27(24(29)22(20)21)14-18-10-6-7-11-19(18)25/h3-13,15H,14H2,1-2H3,(H,26,28)/t15-/m0/s1. The van der Waals surface area contributed by atoms with Crippen LogP contribution in [0.3, 0.4) is 0 Å². The van der Waals surface area contributed by atoms with Gasteiger partial charge in [0.1, 0.15) is 17.2 Å². The molecule has 2 heterocycles. The van der Waals surface area contributed by atoms with Gasteiger partial charge in [0, 0.05) is 11.8 Å². The number of hydrogen-bond donors (Lipinski definition) is 1. The maximum absolute atomic E-state index is 14.0. The second-order valence-electron chi connectivity index (χ2n) is 7.22. The molecule has 0 radical (unpaired) electrons. The molecule has 0 saturated carbocycles. The molecule has 6 heteroatoms. The van der Waals surface area contributed by atoms with E-state index in [-0.39, 0.29) is 35.3 Å². The molecule has 0 fully saturated rings. The van der Waals surface area contributed by atoms with Crippen LogP contribution in [-0.2, 0) is 6.54 Å². The van der Waals surface area contributed by atoms with Gasteiger partial charge in [-0.3, -0.25) is 9.59 Å². The Balaban J connectivity index is 1.71. The van der Waals surface area contributed by atoms with E-state index >= 15 is 0 Å². The molecule has 1 amide bonds. The average Bonchev–Trinajstić information content (AvgIpc) is 3.09. The monoisotopic (exact) mass is 404 g/mol. The third-order valence-electron chi connectivity index (χ3n) is 5.16. The fourth-order valence-corrected chi connectivity index (χ4v) is 3.57. The molecule has 4 rings (SSSR count). The van der Waals surface area contributed by atoms with Crippen LogP contribution in [0, 0.1) is 12.7 Å². The summed E-state index contributed by atoms with van der Waals surface area (Å²) in [5.41, 5.74) is 1.49. The van der Waals surface area contributed by atoms with Crippen LogP contribution in [0.25, 0.3) is 11.0 Å². The smallest absolute Gasteiger partial charge is 0.262 e. The third kappa shape index (κ3) is 3.64. The Morgan fingerprint density at radius 1 is 1.10 bits per heavy atom. The zero-order valence-corrected chi connectivity index (χ0v) is 16.7. The number of nitrogens with one attached hydrogen (secondary N) is 1. The molecule has 1 N–H and O–H groups in total. The van der Waals surface area contributed by atoms with E-state index in [1.165, 1.54) is 10.6 Å². The van der Waals surface area contributed by atoms with Crippen LogP contribution >= 0.6 is 0 Å². The summed E-state index contributed by atoms with van der Waals surface area (Å²) in [7, 11) is 0. The maximum Gasteiger partial charge on any atom is 0.262 e. The van der Waals surface area contributed by atoms with E-state index in [0.29, 0.717) is 16.9 Å². The fourth-order valence-electron chi connectivity index (χ4n) is 3.57. The van der Waals surface area contributed by atoms with E-state index in [4.69, 9.17) is 4.42 Å². The van der Waals surface area contributed by atoms with Crippen LogP contribution < -0.4 is 10.9 Å². The molecule has 0 aliphatic carbocycles. The van der Waals surface area contributed by atoms with Crippen molar-refractivity contribution in [1.29, 1.82) is 0 Å². The summed E-state index contributed by atoms with van der Waals surface area (Å²) in [6, 6.07) is 17.2. The molecule has 5 nitrogen and oxygen atoms in total. The molecule has 1 atom stereocenters. The number of carbonyl (C=O) groups is 1. The van der Waals surface area contributed by atoms with Gasteiger partial charge >= 0.3 is 0 Å². The molecular weight excluding hydrogens is 383 g/mol. The number of aryl methyl sites for hydroxylation is 1. The molecule has 0 saturated heterocycles. The van der Waals surface area contributed by atoms with Gasteiger partial charge in [0.05, 0.1) is 23.5 Å². The Kier molecular flexibility index (Phi) is 5.23. The summed E-state index contributed by atoms with van der Waals surface area (Å²) in [6.45, 7) is 3.59. The average molecular weight is 404 g/mol. The van der Waals surface area contributed by atoms with Gasteiger partial charge in [0.15, 0.2) is 0 Å². The van der Waals surface area contributed by atoms with Gasteiger partial charge in [-0.1, -0.05) is 48.5 Å². The summed E-state index contributed by atoms with van der Waals surface area (Å²) in [4.78, 5) is 26.2. The summed E-state index contributed by atoms with van der Waals surface area (Å²) in [5, 5.41) is 3.13. The van der Waals surface area contributed by atoms with E-state index in [1.807, 2.05) is 37.3 Å². The first-order chi connectivity index (χ1) is 14.5. The highest BCUT2D eigenvalue weighted by Gasteiger charge is 2.23. The Bertz CT molecular complexity index is 1270. The highest BCUT2D eigenvalue weighted by atomic mass is 19.1. The molecule has 0 spiro atoms. The highest BCUT2D eigenvalue weighted by molar-refractivity contribution is 6.07. The molecule has 0 aliphatic rings. The lowest BCUT2D eigenvalue weighted by atomic mass is 10.1. The van der Waals surface area contributed by atoms with Crippen molar-refractivity contribution in [3.05, 3.63) is 105 Å². The number of pyridine rings is 1. The van der Waals surface area contributed by atoms with E-state index < -0.39 is 5.56 Å². The number of fused-ring (bicyclic) bond motifs is 1. The molecule has 2 aromatic heterocycles. The summed E-state index contributed by atoms with van der Waals surface area (Å²) >= 11 is 0. The lowest BCUT2D eigenvalue weighted by molar-refractivity contribution is 0.0939. The van der Waals surface area contributed by atoms with Crippen LogP contribution in [0.15, 0.2) is 76.1 Å². The molecule has 0 unspecified atom stereocenters. The van der Waals surface area contributed by atoms with Crippen LogP contribution in [0.4, 0.5) is 4.39 Å². The van der Waals surface area contributed by atoms with E-state index in [1.54, 1.807) is 37.4 Å². The first kappa shape index (κ1) is 19.6. The number of nitrogens with zero attached hydrogens (tertiary/aromatic N) is 1. The fraction of sp³-hybridized carbons (Fsp3) is 0.167. The van der Waals surface area contributed by atoms with E-state index in [9.17, 15) is 14.0 Å². The molecule has 4 aromatic rings. The first-order valence-electron chi connectivity index (χ1n) is 9.67. The van der Waals surface area contributed by atoms with Crippen molar-refractivity contribution >= 4 is 16.9 Å². The number of amides is 1. The minimum Gasteiger partial charge on any atom is -0.460 e. The van der Waals surface area contributed by atoms with Crippen molar-refractivity contribution in [3.8, 4) is 0 Å². The number of benzene rings is 2. The molecular formula is C24H21FN2O3. The minimum absolute atomic E-state index is 0.0627. The number of hydrogen-bond acceptors (Lipinski definition) is 3. The lowest BCUT2D eigenvalue weighted by Crippen LogP contribution is -2.29. The summed E-state index contributed by atoms with van der Waals surface area (Å²) in [6.07, 6.45) is 1.55. The van der Waals surface area contributed by atoms with Crippen LogP contribution in [0.5, 0.6) is 0 Å². The number of aromatic nitrogens is 1. The van der Waals surface area contributed by atoms with Gasteiger partial charge in [0.25, 0.3) is 11.5 Å². The van der Waals surface area contributed by atoms with Crippen LogP contribution in [0.1, 0.15) is 40.2 Å². The zero-order valence-electron chi connectivity index (χ0n) is 16.7. The normalized spacial score (nSPS) is 12.1. The molecule has 152 valence electrons. The Morgan fingerprint density at radius 2 is 1.80 bits per heavy atom. The number of carbonyl (C=O) groups excluding carboxylic acids is 1. The molecule has 0 bridgehead atoms. The minimum atomic E-state index is -0.398. The third-order valence-corrected chi connectivity index (χ3v) is 5.16. The number of furan rings is 1. The zero-order chi connectivity index (χ0) is 21.3. The molecule has 0 aliphatic heterocycles. The quantitative estimate of drug-likeness (QED) is 0.530. The predicted molar refractivity (Wildman–Crippen MR) is 113 cm³/mol. The molecule has 2 aromatic carbocycles. The number of rotatable bonds is 5. The largest absolute Gasteiger partial charge is 0.460 e. The van der Waals surface area contributed by atoms with Crippen molar-refractivity contribution in [2.45, 2.75) is 26.4 Å². The Labute approximate surface area is 172 Å². The number of halogens is 1. The SMILES string of the molecule is Cc1oc2ccn(Cc3ccccc3F)c(=O)c2c1C(=O)N[C@@H](C)c1ccccc1. The summed E-state index contributed by atoms with van der Waals surface area (Å²) in [5.74, 6) is -0.408. The second-order valence-corrected chi connectivity index (χ2v) is 7.22. The molecule has 30 heavy (non-hydrogen) atoms. The Hall–Kier alpha value is -3.67. The van der Waals surface area contributed by atoms with Gasteiger partial charge in [0.2, 0.25) is 0 Å². The van der Waals surface area contributed by atoms with Crippen molar-refractivity contribution in [1.82, 2.24) is 9.88 Å². The lowest BCUT2D eigenvalue weighted by Gasteiger charge is -2.14. The highest BCUT2D eigenvalue weighted by Crippen LogP contribution is 2.24. The predicted octanol–water partition coefficient (Wildman–Crippen LogP) is 4.58. The van der Waals surface area contributed by atoms with Gasteiger partial charge in [-0.05, 0) is 31.5 Å². The van der Waals surface area contributed by atoms with Crippen molar-refractivity contribution in [3.63, 3.8) is 0 Å². The van der Waals surface area contributed by atoms with Gasteiger partial charge in [-0.2, -0.15) is 0 Å². The first-order valence-corrected chi connectivity index (χ1v) is 9.67. The van der Waals surface area contributed by atoms with E-state index in [0.717, 1.165) is 5.56 Å². The van der Waals surface area contributed by atoms with Crippen LogP contribution in [0.2, 0.25) is 0 Å². The Morgan fingerprint density at radius 3 is 2.53 bits per heavy atom. The summed E-state index contributed by atoms with van der Waals surface area (Å²) < 4.78 is 21.1. The topological polar surface area (TPSA) is 64.2 Å². The maximum atomic E-state index is 14.0. The van der Waals surface area contributed by atoms with Gasteiger partial charge in [-0.15, -0.1) is 0 Å². The van der Waals surface area contributed by atoms with Crippen LogP contribution in [-0.4, -0.2) is 10.5 Å². The van der Waals surface area contributed by atoms with Crippen molar-refractivity contribution < 1.29 is 13.6 Å².